The largest absolute Gasteiger partial charge is 0.481 e. The molecule has 0 aliphatic heterocycles. The van der Waals surface area contributed by atoms with E-state index in [1.165, 1.54) is 32.1 Å². The maximum atomic E-state index is 11.2. The van der Waals surface area contributed by atoms with E-state index in [4.69, 9.17) is 0 Å². The summed E-state index contributed by atoms with van der Waals surface area (Å²) in [5, 5.41) is 29.8. The third kappa shape index (κ3) is 4.51. The zero-order chi connectivity index (χ0) is 24.3. The first kappa shape index (κ1) is 24.5. The van der Waals surface area contributed by atoms with Crippen molar-refractivity contribution < 1.29 is 9.90 Å². The van der Waals surface area contributed by atoms with E-state index >= 15 is 0 Å². The Labute approximate surface area is 210 Å². The van der Waals surface area contributed by atoms with Gasteiger partial charge >= 0.3 is 5.97 Å². The van der Waals surface area contributed by atoms with Crippen molar-refractivity contribution in [3.05, 3.63) is 57.1 Å². The average Bonchev–Trinajstić information content (AvgIpc) is 2.84. The highest BCUT2D eigenvalue weighted by Crippen LogP contribution is 2.60. The molecule has 0 heterocycles. The summed E-state index contributed by atoms with van der Waals surface area (Å²) in [6, 6.07) is 14.7. The van der Waals surface area contributed by atoms with Gasteiger partial charge in [0.25, 0.3) is 0 Å². The zero-order valence-corrected chi connectivity index (χ0v) is 21.4. The number of nitrogens with zero attached hydrogens (tertiary/aromatic N) is 2. The second kappa shape index (κ2) is 9.93. The number of nitriles is 2. The summed E-state index contributed by atoms with van der Waals surface area (Å²) in [7, 11) is 0. The van der Waals surface area contributed by atoms with Crippen LogP contribution in [0.15, 0.2) is 34.8 Å². The van der Waals surface area contributed by atoms with Gasteiger partial charge in [-0.2, -0.15) is 10.5 Å². The molecule has 0 atom stereocenters. The molecular weight excluding hydrogens is 488 g/mol. The van der Waals surface area contributed by atoms with Gasteiger partial charge in [-0.25, -0.2) is 0 Å². The lowest BCUT2D eigenvalue weighted by atomic mass is 9.50. The fourth-order valence-corrected chi connectivity index (χ4v) is 7.03. The summed E-state index contributed by atoms with van der Waals surface area (Å²) >= 11 is 3.52. The quantitative estimate of drug-likeness (QED) is 0.388. The van der Waals surface area contributed by atoms with Crippen LogP contribution in [0, 0.1) is 28.1 Å². The summed E-state index contributed by atoms with van der Waals surface area (Å²) in [5.74, 6) is -0.805. The van der Waals surface area contributed by atoms with Gasteiger partial charge in [0, 0.05) is 16.5 Å². The van der Waals surface area contributed by atoms with Gasteiger partial charge in [-0.05, 0) is 104 Å². The van der Waals surface area contributed by atoms with Crippen LogP contribution >= 0.6 is 15.9 Å². The third-order valence-corrected chi connectivity index (χ3v) is 8.81. The first-order valence-corrected chi connectivity index (χ1v) is 13.1. The normalized spacial score (nSPS) is 23.3. The second-order valence-electron chi connectivity index (χ2n) is 10.2. The summed E-state index contributed by atoms with van der Waals surface area (Å²) in [4.78, 5) is 11.2. The molecule has 2 aromatic rings. The van der Waals surface area contributed by atoms with Gasteiger partial charge in [0.1, 0.15) is 12.1 Å². The van der Waals surface area contributed by atoms with E-state index in [0.29, 0.717) is 29.4 Å². The predicted octanol–water partition coefficient (Wildman–Crippen LogP) is 7.66. The molecule has 176 valence electrons. The van der Waals surface area contributed by atoms with E-state index in [1.807, 2.05) is 24.3 Å². The highest BCUT2D eigenvalue weighted by molar-refractivity contribution is 9.10. The molecule has 34 heavy (non-hydrogen) atoms. The number of rotatable bonds is 8. The van der Waals surface area contributed by atoms with Crippen LogP contribution in [0.5, 0.6) is 0 Å². The Bertz CT molecular complexity index is 1160. The van der Waals surface area contributed by atoms with Crippen LogP contribution in [0.25, 0.3) is 11.1 Å². The third-order valence-electron chi connectivity index (χ3n) is 8.32. The molecule has 0 spiro atoms. The first-order valence-electron chi connectivity index (χ1n) is 12.4. The Balaban J connectivity index is 1.88. The fraction of sp³-hybridized carbons (Fsp3) is 0.483. The molecule has 5 rings (SSSR count). The second-order valence-corrected chi connectivity index (χ2v) is 11.1. The van der Waals surface area contributed by atoms with E-state index in [1.54, 1.807) is 0 Å². The van der Waals surface area contributed by atoms with Crippen molar-refractivity contribution in [1.29, 1.82) is 10.5 Å². The number of benzene rings is 2. The van der Waals surface area contributed by atoms with Gasteiger partial charge in [0.15, 0.2) is 0 Å². The number of carboxylic acid groups (broad SMARTS) is 1. The molecule has 0 saturated heterocycles. The molecule has 4 nitrogen and oxygen atoms in total. The highest BCUT2D eigenvalue weighted by atomic mass is 79.9. The molecule has 3 aliphatic rings. The van der Waals surface area contributed by atoms with Crippen LogP contribution in [0.2, 0.25) is 0 Å². The lowest BCUT2D eigenvalue weighted by Gasteiger charge is -2.55. The molecule has 3 fully saturated rings. The monoisotopic (exact) mass is 518 g/mol. The topological polar surface area (TPSA) is 84.9 Å². The van der Waals surface area contributed by atoms with Crippen molar-refractivity contribution in [3.8, 4) is 23.3 Å². The Morgan fingerprint density at radius 3 is 2.29 bits per heavy atom. The van der Waals surface area contributed by atoms with Crippen molar-refractivity contribution in [2.45, 2.75) is 83.0 Å². The average molecular weight is 519 g/mol. The lowest BCUT2D eigenvalue weighted by Crippen LogP contribution is -2.45. The lowest BCUT2D eigenvalue weighted by molar-refractivity contribution is -0.137. The first-order chi connectivity index (χ1) is 16.4. The zero-order valence-electron chi connectivity index (χ0n) is 19.8. The maximum absolute atomic E-state index is 11.2. The van der Waals surface area contributed by atoms with E-state index in [9.17, 15) is 20.4 Å². The minimum atomic E-state index is -0.805. The molecule has 1 N–H and O–H groups in total. The van der Waals surface area contributed by atoms with Crippen LogP contribution in [0.1, 0.15) is 93.4 Å². The van der Waals surface area contributed by atoms with Crippen LogP contribution < -0.4 is 0 Å². The molecule has 0 unspecified atom stereocenters. The number of aliphatic carboxylic acids is 1. The highest BCUT2D eigenvalue weighted by Gasteiger charge is 2.50. The van der Waals surface area contributed by atoms with E-state index in [-0.39, 0.29) is 11.8 Å². The maximum Gasteiger partial charge on any atom is 0.303 e. The van der Waals surface area contributed by atoms with E-state index in [0.717, 1.165) is 46.0 Å². The van der Waals surface area contributed by atoms with Crippen molar-refractivity contribution in [3.63, 3.8) is 0 Å². The molecule has 5 heteroatoms. The minimum absolute atomic E-state index is 0.0828. The molecule has 2 aromatic carbocycles. The molecule has 3 aliphatic carbocycles. The van der Waals surface area contributed by atoms with Gasteiger partial charge < -0.3 is 5.11 Å². The minimum Gasteiger partial charge on any atom is -0.481 e. The van der Waals surface area contributed by atoms with Crippen LogP contribution in [-0.4, -0.2) is 11.1 Å². The van der Waals surface area contributed by atoms with Gasteiger partial charge in [-0.15, -0.1) is 0 Å². The van der Waals surface area contributed by atoms with Gasteiger partial charge in [-0.1, -0.05) is 41.4 Å². The smallest absolute Gasteiger partial charge is 0.303 e. The number of hydrogen-bond acceptors (Lipinski definition) is 3. The predicted molar refractivity (Wildman–Crippen MR) is 136 cm³/mol. The van der Waals surface area contributed by atoms with E-state index < -0.39 is 5.97 Å². The summed E-state index contributed by atoms with van der Waals surface area (Å²) in [6.07, 6.45) is 10.4. The Morgan fingerprint density at radius 2 is 1.74 bits per heavy atom. The number of fused-ring (bicyclic) bond motifs is 3. The SMILES string of the molecule is CCCC12CCC(c3c(CCCC(=O)O)cc(-c4cccc(Br)c4)c(C#N)c3C#N)(CC1)CC2. The Hall–Kier alpha value is -2.63. The van der Waals surface area contributed by atoms with Gasteiger partial charge in [-0.3, -0.25) is 4.79 Å². The summed E-state index contributed by atoms with van der Waals surface area (Å²) in [6.45, 7) is 2.26. The van der Waals surface area contributed by atoms with Crippen molar-refractivity contribution in [1.82, 2.24) is 0 Å². The molecular formula is C29H31BrN2O2. The fourth-order valence-electron chi connectivity index (χ4n) is 6.63. The summed E-state index contributed by atoms with van der Waals surface area (Å²) < 4.78 is 0.911. The number of halogens is 1. The molecule has 3 saturated carbocycles. The molecule has 0 radical (unpaired) electrons. The van der Waals surface area contributed by atoms with E-state index in [2.05, 4.69) is 41.1 Å². The molecule has 0 aromatic heterocycles. The van der Waals surface area contributed by atoms with Crippen molar-refractivity contribution in [2.75, 3.05) is 0 Å². The van der Waals surface area contributed by atoms with Crippen molar-refractivity contribution in [2.24, 2.45) is 5.41 Å². The van der Waals surface area contributed by atoms with Crippen LogP contribution in [0.3, 0.4) is 0 Å². The number of carboxylic acids is 1. The van der Waals surface area contributed by atoms with Crippen LogP contribution in [0.4, 0.5) is 0 Å². The number of carbonyl (C=O) groups is 1. The Kier molecular flexibility index (Phi) is 7.15. The Morgan fingerprint density at radius 1 is 1.06 bits per heavy atom. The number of aryl methyl sites for hydroxylation is 1. The van der Waals surface area contributed by atoms with Gasteiger partial charge in [0.2, 0.25) is 0 Å². The van der Waals surface area contributed by atoms with Gasteiger partial charge in [0.05, 0.1) is 11.1 Å². The van der Waals surface area contributed by atoms with Crippen molar-refractivity contribution >= 4 is 21.9 Å². The number of hydrogen-bond donors (Lipinski definition) is 1. The molecule has 0 amide bonds. The standard InChI is InChI=1S/C29H31BrN2O2/c1-2-9-28-10-13-29(14-11-28,15-12-28)27-21(6-4-8-26(33)34)17-23(24(18-31)25(27)19-32)20-5-3-7-22(30)16-20/h3,5,7,16-17H,2,4,6,8-15H2,1H3,(H,33,34). The van der Waals surface area contributed by atoms with Crippen LogP contribution in [-0.2, 0) is 16.6 Å². The molecule has 2 bridgehead atoms. The summed E-state index contributed by atoms with van der Waals surface area (Å²) in [5.41, 5.74) is 5.06.